The molecule has 2 aliphatic carbocycles. The quantitative estimate of drug-likeness (QED) is 0.794. The van der Waals surface area contributed by atoms with E-state index in [4.69, 9.17) is 0 Å². The molecule has 0 unspecified atom stereocenters. The Morgan fingerprint density at radius 3 is 2.74 bits per heavy atom. The van der Waals surface area contributed by atoms with Crippen LogP contribution in [0.2, 0.25) is 0 Å². The molecule has 3 aliphatic rings. The summed E-state index contributed by atoms with van der Waals surface area (Å²) in [4.78, 5) is 12.5. The zero-order chi connectivity index (χ0) is 18.4. The summed E-state index contributed by atoms with van der Waals surface area (Å²) in [7, 11) is 0. The lowest BCUT2D eigenvalue weighted by Gasteiger charge is -2.43. The molecule has 5 atom stereocenters. The van der Waals surface area contributed by atoms with Crippen LogP contribution < -0.4 is 10.6 Å². The summed E-state index contributed by atoms with van der Waals surface area (Å²) in [5.41, 5.74) is 4.81. The van der Waals surface area contributed by atoms with Crippen molar-refractivity contribution in [1.29, 1.82) is 0 Å². The van der Waals surface area contributed by atoms with E-state index in [-0.39, 0.29) is 5.91 Å². The molecule has 3 nitrogen and oxygen atoms in total. The molecule has 0 saturated heterocycles. The zero-order valence-corrected chi connectivity index (χ0v) is 15.9. The fourth-order valence-electron chi connectivity index (χ4n) is 5.96. The van der Waals surface area contributed by atoms with Crippen LogP contribution in [0.1, 0.15) is 66.1 Å². The molecular formula is C24H28N2O. The van der Waals surface area contributed by atoms with Crippen molar-refractivity contribution in [3.8, 4) is 0 Å². The molecule has 2 bridgehead atoms. The molecule has 2 aromatic carbocycles. The molecule has 2 aromatic rings. The highest BCUT2D eigenvalue weighted by Crippen LogP contribution is 2.63. The van der Waals surface area contributed by atoms with E-state index in [0.717, 1.165) is 30.4 Å². The molecule has 1 heterocycles. The number of hydrogen-bond donors (Lipinski definition) is 2. The Morgan fingerprint density at radius 1 is 1.11 bits per heavy atom. The van der Waals surface area contributed by atoms with Gasteiger partial charge >= 0.3 is 0 Å². The number of fused-ring (bicyclic) bond motifs is 7. The van der Waals surface area contributed by atoms with Crippen LogP contribution in [-0.4, -0.2) is 12.5 Å². The molecule has 0 aromatic heterocycles. The first-order valence-electron chi connectivity index (χ1n) is 10.5. The lowest BCUT2D eigenvalue weighted by Crippen LogP contribution is -2.35. The molecule has 27 heavy (non-hydrogen) atoms. The number of amides is 1. The summed E-state index contributed by atoms with van der Waals surface area (Å²) < 4.78 is 0. The Labute approximate surface area is 161 Å². The fraction of sp³-hybridized carbons (Fsp3) is 0.458. The van der Waals surface area contributed by atoms with Crippen molar-refractivity contribution in [3.05, 3.63) is 65.2 Å². The Hall–Kier alpha value is -2.29. The van der Waals surface area contributed by atoms with Gasteiger partial charge in [0.1, 0.15) is 0 Å². The van der Waals surface area contributed by atoms with Gasteiger partial charge in [0.2, 0.25) is 0 Å². The van der Waals surface area contributed by atoms with Crippen molar-refractivity contribution in [2.75, 3.05) is 11.9 Å². The van der Waals surface area contributed by atoms with Crippen molar-refractivity contribution >= 4 is 11.6 Å². The van der Waals surface area contributed by atoms with E-state index in [0.29, 0.717) is 17.9 Å². The maximum Gasteiger partial charge on any atom is 0.251 e. The summed E-state index contributed by atoms with van der Waals surface area (Å²) in [6.45, 7) is 2.82. The first-order valence-corrected chi connectivity index (χ1v) is 10.5. The standard InChI is InChI=1S/C24H28N2O/c1-2-12-25-24(27)18-10-11-20-19(14-18)21-16-8-9-17(13-16)22(21)23(26-20)15-6-4-3-5-7-15/h3-7,10-11,14,16-17,21-23,26H,2,8-9,12-13H2,1H3,(H,25,27)/t16-,17+,21+,22+,23+/m1/s1. The Kier molecular flexibility index (Phi) is 4.18. The second kappa shape index (κ2) is 6.70. The summed E-state index contributed by atoms with van der Waals surface area (Å²) in [6.07, 6.45) is 5.03. The van der Waals surface area contributed by atoms with Crippen molar-refractivity contribution < 1.29 is 4.79 Å². The van der Waals surface area contributed by atoms with E-state index in [9.17, 15) is 4.79 Å². The monoisotopic (exact) mass is 360 g/mol. The largest absolute Gasteiger partial charge is 0.378 e. The van der Waals surface area contributed by atoms with Crippen molar-refractivity contribution in [1.82, 2.24) is 5.32 Å². The molecule has 2 saturated carbocycles. The van der Waals surface area contributed by atoms with Gasteiger partial charge in [0.05, 0.1) is 6.04 Å². The molecule has 3 heteroatoms. The minimum atomic E-state index is 0.0598. The van der Waals surface area contributed by atoms with Crippen LogP contribution in [0.25, 0.3) is 0 Å². The Bertz CT molecular complexity index is 847. The molecule has 0 spiro atoms. The lowest BCUT2D eigenvalue weighted by atomic mass is 9.68. The zero-order valence-electron chi connectivity index (χ0n) is 15.9. The van der Waals surface area contributed by atoms with Gasteiger partial charge in [-0.05, 0) is 78.7 Å². The normalized spacial score (nSPS) is 30.3. The molecule has 1 aliphatic heterocycles. The second-order valence-corrected chi connectivity index (χ2v) is 8.53. The molecule has 2 N–H and O–H groups in total. The summed E-state index contributed by atoms with van der Waals surface area (Å²) in [6, 6.07) is 17.6. The van der Waals surface area contributed by atoms with Gasteiger partial charge < -0.3 is 10.6 Å². The third kappa shape index (κ3) is 2.75. The average Bonchev–Trinajstić information content (AvgIpc) is 3.34. The number of nitrogens with one attached hydrogen (secondary N) is 2. The van der Waals surface area contributed by atoms with E-state index in [2.05, 4.69) is 60.0 Å². The van der Waals surface area contributed by atoms with E-state index in [1.165, 1.54) is 36.1 Å². The highest BCUT2D eigenvalue weighted by atomic mass is 16.1. The van der Waals surface area contributed by atoms with Crippen LogP contribution in [0.15, 0.2) is 48.5 Å². The first kappa shape index (κ1) is 16.9. The minimum Gasteiger partial charge on any atom is -0.378 e. The van der Waals surface area contributed by atoms with Gasteiger partial charge in [-0.2, -0.15) is 0 Å². The molecule has 5 rings (SSSR count). The van der Waals surface area contributed by atoms with Crippen LogP contribution in [0.3, 0.4) is 0 Å². The Morgan fingerprint density at radius 2 is 1.93 bits per heavy atom. The van der Waals surface area contributed by atoms with E-state index in [1.54, 1.807) is 0 Å². The number of rotatable bonds is 4. The van der Waals surface area contributed by atoms with Crippen molar-refractivity contribution in [3.63, 3.8) is 0 Å². The molecule has 0 radical (unpaired) electrons. The summed E-state index contributed by atoms with van der Waals surface area (Å²) >= 11 is 0. The van der Waals surface area contributed by atoms with Crippen LogP contribution in [0.5, 0.6) is 0 Å². The van der Waals surface area contributed by atoms with Crippen molar-refractivity contribution in [2.45, 2.75) is 44.6 Å². The van der Waals surface area contributed by atoms with E-state index < -0.39 is 0 Å². The van der Waals surface area contributed by atoms with Gasteiger partial charge in [0.25, 0.3) is 5.91 Å². The number of anilines is 1. The van der Waals surface area contributed by atoms with Gasteiger partial charge in [0, 0.05) is 17.8 Å². The lowest BCUT2D eigenvalue weighted by molar-refractivity contribution is 0.0953. The summed E-state index contributed by atoms with van der Waals surface area (Å²) in [5, 5.41) is 6.87. The van der Waals surface area contributed by atoms with Gasteiger partial charge in [-0.25, -0.2) is 0 Å². The van der Waals surface area contributed by atoms with Gasteiger partial charge in [-0.1, -0.05) is 37.3 Å². The molecular weight excluding hydrogens is 332 g/mol. The summed E-state index contributed by atoms with van der Waals surface area (Å²) in [5.74, 6) is 2.88. The predicted molar refractivity (Wildman–Crippen MR) is 109 cm³/mol. The highest BCUT2D eigenvalue weighted by molar-refractivity contribution is 5.95. The number of hydrogen-bond acceptors (Lipinski definition) is 2. The van der Waals surface area contributed by atoms with Gasteiger partial charge in [0.15, 0.2) is 0 Å². The fourth-order valence-corrected chi connectivity index (χ4v) is 5.96. The van der Waals surface area contributed by atoms with Gasteiger partial charge in [-0.3, -0.25) is 4.79 Å². The third-order valence-electron chi connectivity index (χ3n) is 7.04. The van der Waals surface area contributed by atoms with Crippen LogP contribution in [0, 0.1) is 17.8 Å². The number of carbonyl (C=O) groups excluding carboxylic acids is 1. The maximum atomic E-state index is 12.5. The van der Waals surface area contributed by atoms with Crippen molar-refractivity contribution in [2.24, 2.45) is 17.8 Å². The molecule has 140 valence electrons. The molecule has 2 fully saturated rings. The van der Waals surface area contributed by atoms with Crippen LogP contribution in [0.4, 0.5) is 5.69 Å². The number of carbonyl (C=O) groups is 1. The topological polar surface area (TPSA) is 41.1 Å². The first-order chi connectivity index (χ1) is 13.3. The Balaban J connectivity index is 1.53. The van der Waals surface area contributed by atoms with Crippen LogP contribution in [-0.2, 0) is 0 Å². The molecule has 1 amide bonds. The van der Waals surface area contributed by atoms with Gasteiger partial charge in [-0.15, -0.1) is 0 Å². The van der Waals surface area contributed by atoms with E-state index in [1.807, 2.05) is 6.07 Å². The highest BCUT2D eigenvalue weighted by Gasteiger charge is 2.53. The SMILES string of the molecule is CCCNC(=O)c1ccc2c(c1)[C@@H]1[C@@H]3CC[C@@H](C3)[C@@H]1[C@H](c1ccccc1)N2. The number of benzene rings is 2. The third-order valence-corrected chi connectivity index (χ3v) is 7.04. The minimum absolute atomic E-state index is 0.0598. The van der Waals surface area contributed by atoms with E-state index >= 15 is 0 Å². The van der Waals surface area contributed by atoms with Crippen LogP contribution >= 0.6 is 0 Å². The smallest absolute Gasteiger partial charge is 0.251 e. The second-order valence-electron chi connectivity index (χ2n) is 8.53. The maximum absolute atomic E-state index is 12.5. The average molecular weight is 361 g/mol. The predicted octanol–water partition coefficient (Wildman–Crippen LogP) is 5.12.